The van der Waals surface area contributed by atoms with Crippen LogP contribution in [0.3, 0.4) is 0 Å². The number of carbonyl (C=O) groups excluding carboxylic acids is 1. The molecule has 0 bridgehead atoms. The van der Waals surface area contributed by atoms with E-state index in [2.05, 4.69) is 26.1 Å². The van der Waals surface area contributed by atoms with Gasteiger partial charge in [-0.1, -0.05) is 27.7 Å². The lowest BCUT2D eigenvalue weighted by molar-refractivity contribution is -0.258. The summed E-state index contributed by atoms with van der Waals surface area (Å²) in [5.41, 5.74) is 0.139. The smallest absolute Gasteiger partial charge is 0.217 e. The zero-order chi connectivity index (χ0) is 16.2. The first-order chi connectivity index (χ1) is 9.65. The van der Waals surface area contributed by atoms with Crippen LogP contribution in [-0.4, -0.2) is 53.9 Å². The first-order valence-corrected chi connectivity index (χ1v) is 7.49. The molecule has 5 atom stereocenters. The third-order valence-electron chi connectivity index (χ3n) is 3.77. The SMILES string of the molecule is CC(=O)NC1C(OCCC(C)(C)C)OC(CO)C(O)C1C. The highest BCUT2D eigenvalue weighted by Crippen LogP contribution is 2.27. The van der Waals surface area contributed by atoms with Crippen LogP contribution in [0.4, 0.5) is 0 Å². The van der Waals surface area contributed by atoms with Crippen molar-refractivity contribution < 1.29 is 24.5 Å². The van der Waals surface area contributed by atoms with E-state index in [1.807, 2.05) is 6.92 Å². The molecule has 1 rings (SSSR count). The third-order valence-corrected chi connectivity index (χ3v) is 3.77. The summed E-state index contributed by atoms with van der Waals surface area (Å²) in [4.78, 5) is 11.3. The van der Waals surface area contributed by atoms with E-state index in [1.54, 1.807) is 0 Å². The van der Waals surface area contributed by atoms with Gasteiger partial charge < -0.3 is 25.0 Å². The molecule has 1 saturated heterocycles. The molecule has 1 amide bonds. The standard InChI is InChI=1S/C15H29NO5/c1-9-12(16-10(2)18)14(20-7-6-15(3,4)5)21-11(8-17)13(9)19/h9,11-14,17,19H,6-8H2,1-5H3,(H,16,18). The van der Waals surface area contributed by atoms with Crippen molar-refractivity contribution in [3.63, 3.8) is 0 Å². The molecule has 1 heterocycles. The summed E-state index contributed by atoms with van der Waals surface area (Å²) < 4.78 is 11.4. The van der Waals surface area contributed by atoms with Crippen molar-refractivity contribution in [2.75, 3.05) is 13.2 Å². The quantitative estimate of drug-likeness (QED) is 0.694. The lowest BCUT2D eigenvalue weighted by atomic mass is 9.88. The highest BCUT2D eigenvalue weighted by Gasteiger charge is 2.43. The van der Waals surface area contributed by atoms with Crippen LogP contribution in [-0.2, 0) is 14.3 Å². The van der Waals surface area contributed by atoms with Gasteiger partial charge in [0, 0.05) is 12.8 Å². The summed E-state index contributed by atoms with van der Waals surface area (Å²) in [6.45, 7) is 9.80. The van der Waals surface area contributed by atoms with Crippen LogP contribution in [0.2, 0.25) is 0 Å². The van der Waals surface area contributed by atoms with Crippen LogP contribution in [0, 0.1) is 11.3 Å². The van der Waals surface area contributed by atoms with Crippen LogP contribution in [0.5, 0.6) is 0 Å². The summed E-state index contributed by atoms with van der Waals surface area (Å²) in [5, 5.41) is 22.2. The first-order valence-electron chi connectivity index (χ1n) is 7.49. The first kappa shape index (κ1) is 18.4. The summed E-state index contributed by atoms with van der Waals surface area (Å²) in [6, 6.07) is -0.430. The maximum atomic E-state index is 11.3. The summed E-state index contributed by atoms with van der Waals surface area (Å²) in [7, 11) is 0. The molecule has 3 N–H and O–H groups in total. The molecule has 1 aliphatic heterocycles. The second-order valence-corrected chi connectivity index (χ2v) is 6.98. The second kappa shape index (κ2) is 7.54. The van der Waals surface area contributed by atoms with Gasteiger partial charge in [-0.05, 0) is 11.8 Å². The number of carbonyl (C=O) groups is 1. The minimum absolute atomic E-state index is 0.139. The van der Waals surface area contributed by atoms with Crippen LogP contribution < -0.4 is 5.32 Å². The van der Waals surface area contributed by atoms with Crippen molar-refractivity contribution in [2.24, 2.45) is 11.3 Å². The fourth-order valence-corrected chi connectivity index (χ4v) is 2.35. The molecule has 0 aromatic heterocycles. The van der Waals surface area contributed by atoms with Gasteiger partial charge in [0.05, 0.1) is 25.4 Å². The van der Waals surface area contributed by atoms with Gasteiger partial charge in [-0.25, -0.2) is 0 Å². The third kappa shape index (κ3) is 5.54. The Morgan fingerprint density at radius 3 is 2.48 bits per heavy atom. The minimum Gasteiger partial charge on any atom is -0.394 e. The van der Waals surface area contributed by atoms with Gasteiger partial charge in [0.25, 0.3) is 0 Å². The van der Waals surface area contributed by atoms with Gasteiger partial charge in [0.2, 0.25) is 5.91 Å². The molecule has 6 nitrogen and oxygen atoms in total. The van der Waals surface area contributed by atoms with Crippen molar-refractivity contribution in [1.82, 2.24) is 5.32 Å². The van der Waals surface area contributed by atoms with Gasteiger partial charge in [0.15, 0.2) is 6.29 Å². The van der Waals surface area contributed by atoms with E-state index in [4.69, 9.17) is 9.47 Å². The van der Waals surface area contributed by atoms with Crippen LogP contribution in [0.25, 0.3) is 0 Å². The number of nitrogens with one attached hydrogen (secondary N) is 1. The number of aliphatic hydroxyl groups excluding tert-OH is 2. The van der Waals surface area contributed by atoms with E-state index in [-0.39, 0.29) is 23.8 Å². The molecule has 124 valence electrons. The summed E-state index contributed by atoms with van der Waals surface area (Å²) >= 11 is 0. The molecule has 21 heavy (non-hydrogen) atoms. The van der Waals surface area contributed by atoms with Gasteiger partial charge in [0.1, 0.15) is 6.10 Å². The Morgan fingerprint density at radius 1 is 1.38 bits per heavy atom. The predicted octanol–water partition coefficient (Wildman–Crippen LogP) is 0.658. The number of aliphatic hydroxyl groups is 2. The molecule has 0 aromatic carbocycles. The fourth-order valence-electron chi connectivity index (χ4n) is 2.35. The van der Waals surface area contributed by atoms with Gasteiger partial charge in [-0.15, -0.1) is 0 Å². The predicted molar refractivity (Wildman–Crippen MR) is 78.5 cm³/mol. The van der Waals surface area contributed by atoms with Gasteiger partial charge in [-0.3, -0.25) is 4.79 Å². The van der Waals surface area contributed by atoms with E-state index in [0.29, 0.717) is 6.61 Å². The lowest BCUT2D eigenvalue weighted by Gasteiger charge is -2.43. The highest BCUT2D eigenvalue weighted by molar-refractivity contribution is 5.73. The normalized spacial score (nSPS) is 33.8. The summed E-state index contributed by atoms with van der Waals surface area (Å²) in [6.07, 6.45) is -1.34. The topological polar surface area (TPSA) is 88.0 Å². The molecule has 1 fully saturated rings. The number of hydrogen-bond donors (Lipinski definition) is 3. The molecule has 0 aliphatic carbocycles. The number of amides is 1. The minimum atomic E-state index is -0.839. The van der Waals surface area contributed by atoms with Crippen molar-refractivity contribution in [3.05, 3.63) is 0 Å². The van der Waals surface area contributed by atoms with E-state index in [0.717, 1.165) is 6.42 Å². The Kier molecular flexibility index (Phi) is 6.59. The van der Waals surface area contributed by atoms with E-state index < -0.39 is 24.5 Å². The number of hydrogen-bond acceptors (Lipinski definition) is 5. The van der Waals surface area contributed by atoms with E-state index >= 15 is 0 Å². The van der Waals surface area contributed by atoms with Crippen molar-refractivity contribution in [3.8, 4) is 0 Å². The molecule has 5 unspecified atom stereocenters. The molecule has 0 saturated carbocycles. The monoisotopic (exact) mass is 303 g/mol. The molecule has 1 aliphatic rings. The highest BCUT2D eigenvalue weighted by atomic mass is 16.7. The Balaban J connectivity index is 2.71. The molecule has 0 spiro atoms. The number of ether oxygens (including phenoxy) is 2. The molecule has 6 heteroatoms. The number of rotatable bonds is 5. The fraction of sp³-hybridized carbons (Fsp3) is 0.933. The second-order valence-electron chi connectivity index (χ2n) is 6.98. The maximum Gasteiger partial charge on any atom is 0.217 e. The maximum absolute atomic E-state index is 11.3. The Labute approximate surface area is 126 Å². The van der Waals surface area contributed by atoms with Crippen molar-refractivity contribution >= 4 is 5.91 Å². The molecular formula is C15H29NO5. The van der Waals surface area contributed by atoms with Crippen LogP contribution in [0.1, 0.15) is 41.0 Å². The zero-order valence-corrected chi connectivity index (χ0v) is 13.6. The van der Waals surface area contributed by atoms with E-state index in [9.17, 15) is 15.0 Å². The average molecular weight is 303 g/mol. The zero-order valence-electron chi connectivity index (χ0n) is 13.6. The molecule has 0 radical (unpaired) electrons. The Hall–Kier alpha value is -0.690. The summed E-state index contributed by atoms with van der Waals surface area (Å²) in [5.74, 6) is -0.464. The molecular weight excluding hydrogens is 274 g/mol. The Bertz CT molecular complexity index is 341. The van der Waals surface area contributed by atoms with Crippen molar-refractivity contribution in [2.45, 2.75) is 65.6 Å². The largest absolute Gasteiger partial charge is 0.394 e. The van der Waals surface area contributed by atoms with Crippen LogP contribution >= 0.6 is 0 Å². The Morgan fingerprint density at radius 2 is 2.00 bits per heavy atom. The molecule has 0 aromatic rings. The van der Waals surface area contributed by atoms with Gasteiger partial charge in [-0.2, -0.15) is 0 Å². The van der Waals surface area contributed by atoms with Crippen molar-refractivity contribution in [1.29, 1.82) is 0 Å². The van der Waals surface area contributed by atoms with E-state index in [1.165, 1.54) is 6.92 Å². The lowest BCUT2D eigenvalue weighted by Crippen LogP contribution is -2.61. The van der Waals surface area contributed by atoms with Gasteiger partial charge >= 0.3 is 0 Å². The average Bonchev–Trinajstić information content (AvgIpc) is 2.35. The van der Waals surface area contributed by atoms with Crippen LogP contribution in [0.15, 0.2) is 0 Å².